The first kappa shape index (κ1) is 14.8. The number of hydrogen-bond acceptors (Lipinski definition) is 4. The molecule has 1 fully saturated rings. The van der Waals surface area contributed by atoms with Crippen molar-refractivity contribution in [3.05, 3.63) is 29.8 Å². The Morgan fingerprint density at radius 3 is 2.80 bits per heavy atom. The molecule has 0 spiro atoms. The first-order valence-electron chi connectivity index (χ1n) is 6.91. The number of carbonyl (C=O) groups excluding carboxylic acids is 1. The van der Waals surface area contributed by atoms with E-state index in [0.29, 0.717) is 24.8 Å². The van der Waals surface area contributed by atoms with Crippen LogP contribution in [-0.4, -0.2) is 44.2 Å². The summed E-state index contributed by atoms with van der Waals surface area (Å²) in [5.74, 6) is 1.18. The molecule has 1 aliphatic rings. The van der Waals surface area contributed by atoms with Crippen LogP contribution in [0.15, 0.2) is 24.3 Å². The fourth-order valence-electron chi connectivity index (χ4n) is 2.39. The Hall–Kier alpha value is -1.59. The van der Waals surface area contributed by atoms with Gasteiger partial charge in [0.2, 0.25) is 0 Å². The highest BCUT2D eigenvalue weighted by molar-refractivity contribution is 5.78. The zero-order valence-electron chi connectivity index (χ0n) is 11.9. The van der Waals surface area contributed by atoms with Gasteiger partial charge in [0.15, 0.2) is 6.61 Å². The van der Waals surface area contributed by atoms with Crippen LogP contribution in [0.4, 0.5) is 0 Å². The highest BCUT2D eigenvalue weighted by Gasteiger charge is 2.26. The van der Waals surface area contributed by atoms with Gasteiger partial charge in [-0.1, -0.05) is 12.1 Å². The van der Waals surface area contributed by atoms with E-state index in [-0.39, 0.29) is 12.5 Å². The molecule has 1 amide bonds. The summed E-state index contributed by atoms with van der Waals surface area (Å²) in [5.41, 5.74) is 6.58. The van der Waals surface area contributed by atoms with Crippen LogP contribution in [0.1, 0.15) is 12.0 Å². The molecule has 1 aromatic carbocycles. The van der Waals surface area contributed by atoms with Crippen LogP contribution < -0.4 is 10.5 Å². The molecular weight excluding hydrogens is 256 g/mol. The molecule has 20 heavy (non-hydrogen) atoms. The number of benzene rings is 1. The molecule has 0 aromatic heterocycles. The molecule has 0 aliphatic carbocycles. The third kappa shape index (κ3) is 3.95. The van der Waals surface area contributed by atoms with Crippen LogP contribution in [0.3, 0.4) is 0 Å². The van der Waals surface area contributed by atoms with E-state index < -0.39 is 0 Å². The number of hydrogen-bond donors (Lipinski definition) is 1. The number of carbonyl (C=O) groups is 1. The van der Waals surface area contributed by atoms with E-state index in [2.05, 4.69) is 0 Å². The van der Waals surface area contributed by atoms with Crippen molar-refractivity contribution in [3.63, 3.8) is 0 Å². The van der Waals surface area contributed by atoms with Crippen molar-refractivity contribution in [3.8, 4) is 5.75 Å². The summed E-state index contributed by atoms with van der Waals surface area (Å²) in [4.78, 5) is 13.9. The minimum Gasteiger partial charge on any atom is -0.484 e. The predicted octanol–water partition coefficient (Wildman–Crippen LogP) is 1.02. The second-order valence-electron chi connectivity index (χ2n) is 5.09. The number of nitrogens with two attached hydrogens (primary N) is 1. The molecule has 1 aliphatic heterocycles. The Bertz CT molecular complexity index is 433. The summed E-state index contributed by atoms with van der Waals surface area (Å²) in [7, 11) is 1.69. The van der Waals surface area contributed by atoms with Gasteiger partial charge in [-0.3, -0.25) is 4.79 Å². The molecule has 0 radical (unpaired) electrons. The van der Waals surface area contributed by atoms with Crippen molar-refractivity contribution in [2.24, 2.45) is 11.7 Å². The smallest absolute Gasteiger partial charge is 0.260 e. The fraction of sp³-hybridized carbons (Fsp3) is 0.533. The maximum atomic E-state index is 12.0. The summed E-state index contributed by atoms with van der Waals surface area (Å²) < 4.78 is 10.6. The second-order valence-corrected chi connectivity index (χ2v) is 5.09. The van der Waals surface area contributed by atoms with E-state index in [0.717, 1.165) is 25.1 Å². The third-order valence-corrected chi connectivity index (χ3v) is 3.56. The lowest BCUT2D eigenvalue weighted by molar-refractivity contribution is -0.132. The number of nitrogens with zero attached hydrogens (tertiary/aromatic N) is 1. The quantitative estimate of drug-likeness (QED) is 0.844. The van der Waals surface area contributed by atoms with Gasteiger partial charge < -0.3 is 20.1 Å². The molecule has 1 aromatic rings. The van der Waals surface area contributed by atoms with E-state index in [1.165, 1.54) is 0 Å². The summed E-state index contributed by atoms with van der Waals surface area (Å²) >= 11 is 0. The molecule has 2 rings (SSSR count). The largest absolute Gasteiger partial charge is 0.484 e. The maximum Gasteiger partial charge on any atom is 0.260 e. The van der Waals surface area contributed by atoms with Crippen molar-refractivity contribution in [2.75, 3.05) is 33.4 Å². The van der Waals surface area contributed by atoms with Crippen molar-refractivity contribution in [1.29, 1.82) is 0 Å². The molecule has 5 heteroatoms. The van der Waals surface area contributed by atoms with Crippen LogP contribution in [-0.2, 0) is 16.1 Å². The van der Waals surface area contributed by atoms with Gasteiger partial charge in [-0.2, -0.15) is 0 Å². The first-order valence-corrected chi connectivity index (χ1v) is 6.91. The molecule has 5 nitrogen and oxygen atoms in total. The summed E-state index contributed by atoms with van der Waals surface area (Å²) in [6.45, 7) is 2.87. The van der Waals surface area contributed by atoms with E-state index in [1.54, 1.807) is 7.11 Å². The average molecular weight is 278 g/mol. The lowest BCUT2D eigenvalue weighted by atomic mass is 10.1. The van der Waals surface area contributed by atoms with E-state index in [1.807, 2.05) is 29.2 Å². The first-order chi connectivity index (χ1) is 9.72. The second kappa shape index (κ2) is 7.26. The number of ether oxygens (including phenoxy) is 2. The summed E-state index contributed by atoms with van der Waals surface area (Å²) in [5, 5.41) is 0. The lowest BCUT2D eigenvalue weighted by Gasteiger charge is -2.16. The summed E-state index contributed by atoms with van der Waals surface area (Å²) in [6, 6.07) is 7.49. The van der Waals surface area contributed by atoms with Gasteiger partial charge in [-0.15, -0.1) is 0 Å². The normalized spacial score (nSPS) is 18.3. The SMILES string of the molecule is COCC1CCN(C(=O)COc2ccc(CN)cc2)C1. The predicted molar refractivity (Wildman–Crippen MR) is 76.4 cm³/mol. The van der Waals surface area contributed by atoms with Crippen molar-refractivity contribution in [1.82, 2.24) is 4.90 Å². The van der Waals surface area contributed by atoms with Crippen molar-refractivity contribution >= 4 is 5.91 Å². The highest BCUT2D eigenvalue weighted by Crippen LogP contribution is 2.17. The minimum absolute atomic E-state index is 0.0338. The molecule has 1 heterocycles. The maximum absolute atomic E-state index is 12.0. The van der Waals surface area contributed by atoms with E-state index >= 15 is 0 Å². The topological polar surface area (TPSA) is 64.8 Å². The zero-order chi connectivity index (χ0) is 14.4. The third-order valence-electron chi connectivity index (χ3n) is 3.56. The van der Waals surface area contributed by atoms with Crippen molar-refractivity contribution < 1.29 is 14.3 Å². The monoisotopic (exact) mass is 278 g/mol. The van der Waals surface area contributed by atoms with Crippen LogP contribution in [0.25, 0.3) is 0 Å². The van der Waals surface area contributed by atoms with Crippen LogP contribution >= 0.6 is 0 Å². The van der Waals surface area contributed by atoms with Crippen LogP contribution in [0.2, 0.25) is 0 Å². The Morgan fingerprint density at radius 2 is 2.15 bits per heavy atom. The highest BCUT2D eigenvalue weighted by atomic mass is 16.5. The van der Waals surface area contributed by atoms with Gasteiger partial charge in [0.25, 0.3) is 5.91 Å². The molecule has 1 atom stereocenters. The zero-order valence-corrected chi connectivity index (χ0v) is 11.9. The van der Waals surface area contributed by atoms with Crippen LogP contribution in [0.5, 0.6) is 5.75 Å². The van der Waals surface area contributed by atoms with Gasteiger partial charge in [0, 0.05) is 32.7 Å². The molecule has 1 saturated heterocycles. The standard InChI is InChI=1S/C15H22N2O3/c1-19-10-13-6-7-17(9-13)15(18)11-20-14-4-2-12(8-16)3-5-14/h2-5,13H,6-11,16H2,1H3. The number of amides is 1. The van der Waals surface area contributed by atoms with Gasteiger partial charge >= 0.3 is 0 Å². The number of likely N-dealkylation sites (tertiary alicyclic amines) is 1. The molecule has 1 unspecified atom stereocenters. The van der Waals surface area contributed by atoms with Crippen LogP contribution in [0, 0.1) is 5.92 Å². The molecular formula is C15H22N2O3. The van der Waals surface area contributed by atoms with Crippen molar-refractivity contribution in [2.45, 2.75) is 13.0 Å². The van der Waals surface area contributed by atoms with Gasteiger partial charge in [-0.05, 0) is 24.1 Å². The Kier molecular flexibility index (Phi) is 5.38. The van der Waals surface area contributed by atoms with E-state index in [4.69, 9.17) is 15.2 Å². The van der Waals surface area contributed by atoms with Gasteiger partial charge in [0.05, 0.1) is 6.61 Å². The summed E-state index contributed by atoms with van der Waals surface area (Å²) in [6.07, 6.45) is 1.00. The minimum atomic E-state index is 0.0338. The Morgan fingerprint density at radius 1 is 1.40 bits per heavy atom. The number of rotatable bonds is 6. The molecule has 0 saturated carbocycles. The molecule has 110 valence electrons. The molecule has 0 bridgehead atoms. The fourth-order valence-corrected chi connectivity index (χ4v) is 2.39. The molecule has 2 N–H and O–H groups in total. The van der Waals surface area contributed by atoms with Gasteiger partial charge in [-0.25, -0.2) is 0 Å². The van der Waals surface area contributed by atoms with Gasteiger partial charge in [0.1, 0.15) is 5.75 Å². The average Bonchev–Trinajstić information content (AvgIpc) is 2.94. The Labute approximate surface area is 119 Å². The van der Waals surface area contributed by atoms with E-state index in [9.17, 15) is 4.79 Å². The lowest BCUT2D eigenvalue weighted by Crippen LogP contribution is -2.33. The Balaban J connectivity index is 1.77. The number of methoxy groups -OCH3 is 1.